The third kappa shape index (κ3) is 1.69. The SMILES string of the molecule is O=c1c2c(nc3nc(Br)[nH]n13)CCCC21CCNCC1. The zero-order valence-electron chi connectivity index (χ0n) is 11.1. The molecule has 1 aliphatic carbocycles. The van der Waals surface area contributed by atoms with Gasteiger partial charge in [-0.3, -0.25) is 9.89 Å². The molecular weight excluding hydrogens is 322 g/mol. The van der Waals surface area contributed by atoms with Crippen molar-refractivity contribution in [1.29, 1.82) is 0 Å². The van der Waals surface area contributed by atoms with Gasteiger partial charge in [0.2, 0.25) is 0 Å². The van der Waals surface area contributed by atoms with E-state index in [1.165, 1.54) is 4.52 Å². The second-order valence-corrected chi connectivity index (χ2v) is 6.52. The molecule has 3 heterocycles. The number of hydrogen-bond acceptors (Lipinski definition) is 4. The van der Waals surface area contributed by atoms with Crippen LogP contribution in [-0.4, -0.2) is 32.7 Å². The number of nitrogens with zero attached hydrogens (tertiary/aromatic N) is 3. The van der Waals surface area contributed by atoms with E-state index in [-0.39, 0.29) is 11.0 Å². The number of aromatic amines is 1. The third-order valence-electron chi connectivity index (χ3n) is 4.70. The maximum atomic E-state index is 12.9. The van der Waals surface area contributed by atoms with Gasteiger partial charge in [-0.25, -0.2) is 4.98 Å². The quantitative estimate of drug-likeness (QED) is 0.755. The molecule has 1 spiro atoms. The van der Waals surface area contributed by atoms with Gasteiger partial charge in [-0.05, 0) is 61.1 Å². The van der Waals surface area contributed by atoms with Crippen LogP contribution in [0.2, 0.25) is 0 Å². The number of halogens is 1. The third-order valence-corrected chi connectivity index (χ3v) is 5.06. The minimum atomic E-state index is 0.0156. The molecule has 6 nitrogen and oxygen atoms in total. The fourth-order valence-corrected chi connectivity index (χ4v) is 4.11. The smallest absolute Gasteiger partial charge is 0.278 e. The predicted octanol–water partition coefficient (Wildman–Crippen LogP) is 1.14. The first-order valence-electron chi connectivity index (χ1n) is 7.08. The van der Waals surface area contributed by atoms with E-state index in [1.54, 1.807) is 0 Å². The van der Waals surface area contributed by atoms with Gasteiger partial charge >= 0.3 is 0 Å². The van der Waals surface area contributed by atoms with Crippen LogP contribution >= 0.6 is 15.9 Å². The highest BCUT2D eigenvalue weighted by atomic mass is 79.9. The molecule has 0 atom stereocenters. The van der Waals surface area contributed by atoms with E-state index in [9.17, 15) is 4.79 Å². The van der Waals surface area contributed by atoms with Crippen LogP contribution in [0, 0.1) is 0 Å². The van der Waals surface area contributed by atoms with Crippen molar-refractivity contribution in [3.63, 3.8) is 0 Å². The van der Waals surface area contributed by atoms with Crippen molar-refractivity contribution in [2.45, 2.75) is 37.5 Å². The van der Waals surface area contributed by atoms with Crippen molar-refractivity contribution in [3.8, 4) is 0 Å². The number of fused-ring (bicyclic) bond motifs is 3. The van der Waals surface area contributed by atoms with E-state index in [0.29, 0.717) is 10.5 Å². The van der Waals surface area contributed by atoms with E-state index in [1.807, 2.05) is 0 Å². The first-order chi connectivity index (χ1) is 9.70. The number of aryl methyl sites for hydroxylation is 1. The Morgan fingerprint density at radius 3 is 2.80 bits per heavy atom. The summed E-state index contributed by atoms with van der Waals surface area (Å²) in [6, 6.07) is 0. The van der Waals surface area contributed by atoms with Crippen LogP contribution in [0.4, 0.5) is 0 Å². The van der Waals surface area contributed by atoms with Crippen molar-refractivity contribution < 1.29 is 0 Å². The molecule has 1 saturated heterocycles. The van der Waals surface area contributed by atoms with Gasteiger partial charge in [-0.2, -0.15) is 9.50 Å². The van der Waals surface area contributed by atoms with Crippen molar-refractivity contribution >= 4 is 21.7 Å². The van der Waals surface area contributed by atoms with Crippen LogP contribution in [0.5, 0.6) is 0 Å². The summed E-state index contributed by atoms with van der Waals surface area (Å²) < 4.78 is 2.02. The standard InChI is InChI=1S/C13H16BrN5O/c14-11-17-12-16-8-2-1-3-13(4-6-15-7-5-13)9(8)10(20)19(12)18-11/h15H,1-7H2,(H,16,17,18). The number of rotatable bonds is 0. The normalized spacial score (nSPS) is 21.2. The Kier molecular flexibility index (Phi) is 2.75. The van der Waals surface area contributed by atoms with Gasteiger partial charge in [0.25, 0.3) is 11.3 Å². The van der Waals surface area contributed by atoms with Crippen LogP contribution in [0.15, 0.2) is 9.53 Å². The molecule has 7 heteroatoms. The average molecular weight is 338 g/mol. The Morgan fingerprint density at radius 1 is 1.20 bits per heavy atom. The summed E-state index contributed by atoms with van der Waals surface area (Å²) in [5.41, 5.74) is 1.94. The van der Waals surface area contributed by atoms with Crippen LogP contribution in [0.1, 0.15) is 36.9 Å². The van der Waals surface area contributed by atoms with Gasteiger partial charge in [0.1, 0.15) is 0 Å². The van der Waals surface area contributed by atoms with Gasteiger partial charge in [0.05, 0.1) is 5.69 Å². The van der Waals surface area contributed by atoms with Crippen molar-refractivity contribution in [2.75, 3.05) is 13.1 Å². The number of hydrogen-bond donors (Lipinski definition) is 2. The maximum Gasteiger partial charge on any atom is 0.278 e. The predicted molar refractivity (Wildman–Crippen MR) is 78.0 cm³/mol. The molecule has 2 aliphatic rings. The average Bonchev–Trinajstić information content (AvgIpc) is 2.81. The maximum absolute atomic E-state index is 12.9. The Bertz CT molecular complexity index is 728. The molecule has 2 aromatic heterocycles. The molecule has 0 radical (unpaired) electrons. The van der Waals surface area contributed by atoms with E-state index < -0.39 is 0 Å². The van der Waals surface area contributed by atoms with E-state index in [0.717, 1.165) is 56.5 Å². The Labute approximate surface area is 124 Å². The van der Waals surface area contributed by atoms with Gasteiger partial charge in [-0.15, -0.1) is 0 Å². The number of nitrogens with one attached hydrogen (secondary N) is 2. The van der Waals surface area contributed by atoms with E-state index in [2.05, 4.69) is 36.3 Å². The molecular formula is C13H16BrN5O. The Hall–Kier alpha value is -1.21. The van der Waals surface area contributed by atoms with Gasteiger partial charge in [-0.1, -0.05) is 0 Å². The van der Waals surface area contributed by atoms with Crippen LogP contribution in [0.3, 0.4) is 0 Å². The van der Waals surface area contributed by atoms with Crippen molar-refractivity contribution in [3.05, 3.63) is 26.3 Å². The lowest BCUT2D eigenvalue weighted by Gasteiger charge is -2.40. The van der Waals surface area contributed by atoms with Gasteiger partial charge in [0.15, 0.2) is 4.73 Å². The lowest BCUT2D eigenvalue weighted by Crippen LogP contribution is -2.46. The fraction of sp³-hybridized carbons (Fsp3) is 0.615. The zero-order valence-corrected chi connectivity index (χ0v) is 12.7. The van der Waals surface area contributed by atoms with E-state index in [4.69, 9.17) is 0 Å². The van der Waals surface area contributed by atoms with Gasteiger partial charge in [0, 0.05) is 11.0 Å². The molecule has 106 valence electrons. The molecule has 1 fully saturated rings. The monoisotopic (exact) mass is 337 g/mol. The van der Waals surface area contributed by atoms with Crippen LogP contribution < -0.4 is 10.9 Å². The highest BCUT2D eigenvalue weighted by Gasteiger charge is 2.41. The summed E-state index contributed by atoms with van der Waals surface area (Å²) in [5.74, 6) is 0.464. The molecule has 0 amide bonds. The summed E-state index contributed by atoms with van der Waals surface area (Å²) in [5, 5.41) is 6.32. The number of aromatic nitrogens is 4. The summed E-state index contributed by atoms with van der Waals surface area (Å²) in [6.07, 6.45) is 5.15. The fourth-order valence-electron chi connectivity index (χ4n) is 3.77. The molecule has 1 aliphatic heterocycles. The minimum absolute atomic E-state index is 0.0156. The highest BCUT2D eigenvalue weighted by Crippen LogP contribution is 2.41. The first-order valence-corrected chi connectivity index (χ1v) is 7.87. The topological polar surface area (TPSA) is 75.1 Å². The van der Waals surface area contributed by atoms with E-state index >= 15 is 0 Å². The summed E-state index contributed by atoms with van der Waals surface area (Å²) in [7, 11) is 0. The summed E-state index contributed by atoms with van der Waals surface area (Å²) >= 11 is 3.28. The molecule has 0 unspecified atom stereocenters. The molecule has 0 aromatic carbocycles. The molecule has 0 saturated carbocycles. The Balaban J connectivity index is 2.00. The first kappa shape index (κ1) is 12.5. The molecule has 20 heavy (non-hydrogen) atoms. The van der Waals surface area contributed by atoms with Crippen LogP contribution in [0.25, 0.3) is 5.78 Å². The molecule has 4 rings (SSSR count). The van der Waals surface area contributed by atoms with Crippen molar-refractivity contribution in [2.24, 2.45) is 0 Å². The van der Waals surface area contributed by atoms with Gasteiger partial charge < -0.3 is 5.32 Å². The minimum Gasteiger partial charge on any atom is -0.317 e. The lowest BCUT2D eigenvalue weighted by molar-refractivity contribution is 0.263. The summed E-state index contributed by atoms with van der Waals surface area (Å²) in [4.78, 5) is 21.7. The molecule has 2 N–H and O–H groups in total. The number of piperidine rings is 1. The van der Waals surface area contributed by atoms with Crippen molar-refractivity contribution in [1.82, 2.24) is 24.9 Å². The molecule has 0 bridgehead atoms. The second-order valence-electron chi connectivity index (χ2n) is 5.77. The lowest BCUT2D eigenvalue weighted by atomic mass is 9.66. The zero-order chi connectivity index (χ0) is 13.7. The Morgan fingerprint density at radius 2 is 2.00 bits per heavy atom. The molecule has 2 aromatic rings. The van der Waals surface area contributed by atoms with Crippen LogP contribution in [-0.2, 0) is 11.8 Å². The second kappa shape index (κ2) is 4.39. The largest absolute Gasteiger partial charge is 0.317 e. The highest BCUT2D eigenvalue weighted by molar-refractivity contribution is 9.10. The summed E-state index contributed by atoms with van der Waals surface area (Å²) in [6.45, 7) is 1.96. The number of H-pyrrole nitrogens is 1.